The molecule has 1 N–H and O–H groups in total. The minimum atomic E-state index is -0.180. The number of hydrogen-bond donors (Lipinski definition) is 1. The van der Waals surface area contributed by atoms with Gasteiger partial charge in [-0.3, -0.25) is 4.79 Å². The molecule has 88 valence electrons. The summed E-state index contributed by atoms with van der Waals surface area (Å²) in [6.07, 6.45) is 3.10. The monoisotopic (exact) mass is 230 g/mol. The molecule has 0 radical (unpaired) electrons. The van der Waals surface area contributed by atoms with Crippen LogP contribution >= 0.6 is 0 Å². The van der Waals surface area contributed by atoms with Crippen molar-refractivity contribution in [3.8, 4) is 17.0 Å². The van der Waals surface area contributed by atoms with Crippen molar-refractivity contribution in [3.05, 3.63) is 46.0 Å². The molecule has 2 aromatic rings. The quantitative estimate of drug-likeness (QED) is 0.859. The normalized spacial score (nSPS) is 10.3. The Kier molecular flexibility index (Phi) is 2.95. The molecule has 1 heterocycles. The molecule has 1 aromatic carbocycles. The SMILES string of the molecule is COc1cc(C)c(-c2ncc[nH]c2=O)cc1C. The Morgan fingerprint density at radius 1 is 1.24 bits per heavy atom. The second-order valence-corrected chi connectivity index (χ2v) is 3.90. The van der Waals surface area contributed by atoms with E-state index in [1.807, 2.05) is 26.0 Å². The van der Waals surface area contributed by atoms with Gasteiger partial charge >= 0.3 is 0 Å². The van der Waals surface area contributed by atoms with Crippen LogP contribution in [-0.2, 0) is 0 Å². The number of hydrogen-bond acceptors (Lipinski definition) is 3. The molecule has 0 atom stereocenters. The number of H-pyrrole nitrogens is 1. The fraction of sp³-hybridized carbons (Fsp3) is 0.231. The van der Waals surface area contributed by atoms with E-state index in [9.17, 15) is 4.79 Å². The zero-order chi connectivity index (χ0) is 12.4. The fourth-order valence-electron chi connectivity index (χ4n) is 1.81. The van der Waals surface area contributed by atoms with E-state index in [0.717, 1.165) is 22.4 Å². The molecular weight excluding hydrogens is 216 g/mol. The van der Waals surface area contributed by atoms with Crippen molar-refractivity contribution < 1.29 is 4.74 Å². The van der Waals surface area contributed by atoms with Gasteiger partial charge in [-0.1, -0.05) is 0 Å². The Balaban J connectivity index is 2.65. The maximum Gasteiger partial charge on any atom is 0.274 e. The maximum absolute atomic E-state index is 11.7. The third-order valence-corrected chi connectivity index (χ3v) is 2.70. The Hall–Kier alpha value is -2.10. The first kappa shape index (κ1) is 11.4. The van der Waals surface area contributed by atoms with Crippen molar-refractivity contribution in [1.82, 2.24) is 9.97 Å². The number of ether oxygens (including phenoxy) is 1. The van der Waals surface area contributed by atoms with Gasteiger partial charge in [0, 0.05) is 18.0 Å². The Morgan fingerprint density at radius 2 is 2.00 bits per heavy atom. The van der Waals surface area contributed by atoms with Crippen molar-refractivity contribution in [2.75, 3.05) is 7.11 Å². The summed E-state index contributed by atoms with van der Waals surface area (Å²) in [5.74, 6) is 0.818. The summed E-state index contributed by atoms with van der Waals surface area (Å²) in [6.45, 7) is 3.88. The van der Waals surface area contributed by atoms with Crippen LogP contribution in [0.15, 0.2) is 29.3 Å². The largest absolute Gasteiger partial charge is 0.496 e. The molecule has 0 aliphatic heterocycles. The van der Waals surface area contributed by atoms with E-state index in [1.54, 1.807) is 13.3 Å². The van der Waals surface area contributed by atoms with Crippen LogP contribution in [-0.4, -0.2) is 17.1 Å². The molecule has 0 saturated heterocycles. The van der Waals surface area contributed by atoms with Crippen molar-refractivity contribution in [1.29, 1.82) is 0 Å². The highest BCUT2D eigenvalue weighted by atomic mass is 16.5. The molecule has 0 saturated carbocycles. The number of nitrogens with zero attached hydrogens (tertiary/aromatic N) is 1. The van der Waals surface area contributed by atoms with E-state index in [0.29, 0.717) is 5.69 Å². The van der Waals surface area contributed by atoms with Crippen LogP contribution in [0.5, 0.6) is 5.75 Å². The van der Waals surface area contributed by atoms with E-state index < -0.39 is 0 Å². The second kappa shape index (κ2) is 4.41. The van der Waals surface area contributed by atoms with Crippen LogP contribution in [0.4, 0.5) is 0 Å². The topological polar surface area (TPSA) is 55.0 Å². The predicted octanol–water partition coefficient (Wildman–Crippen LogP) is 2.06. The van der Waals surface area contributed by atoms with Gasteiger partial charge < -0.3 is 9.72 Å². The maximum atomic E-state index is 11.7. The summed E-state index contributed by atoms with van der Waals surface area (Å²) in [5, 5.41) is 0. The first-order valence-corrected chi connectivity index (χ1v) is 5.33. The lowest BCUT2D eigenvalue weighted by Crippen LogP contribution is -2.10. The minimum Gasteiger partial charge on any atom is -0.496 e. The smallest absolute Gasteiger partial charge is 0.274 e. The molecule has 0 unspecified atom stereocenters. The highest BCUT2D eigenvalue weighted by molar-refractivity contribution is 5.65. The molecule has 2 rings (SSSR count). The summed E-state index contributed by atoms with van der Waals surface area (Å²) in [7, 11) is 1.63. The summed E-state index contributed by atoms with van der Waals surface area (Å²) in [5.41, 5.74) is 3.05. The average molecular weight is 230 g/mol. The molecule has 4 heteroatoms. The predicted molar refractivity (Wildman–Crippen MR) is 66.3 cm³/mol. The number of aromatic amines is 1. The molecule has 17 heavy (non-hydrogen) atoms. The van der Waals surface area contributed by atoms with Crippen molar-refractivity contribution in [2.45, 2.75) is 13.8 Å². The van der Waals surface area contributed by atoms with Crippen LogP contribution in [0.3, 0.4) is 0 Å². The lowest BCUT2D eigenvalue weighted by Gasteiger charge is -2.10. The van der Waals surface area contributed by atoms with Gasteiger partial charge in [-0.15, -0.1) is 0 Å². The summed E-state index contributed by atoms with van der Waals surface area (Å²) < 4.78 is 5.24. The van der Waals surface area contributed by atoms with E-state index in [4.69, 9.17) is 4.74 Å². The van der Waals surface area contributed by atoms with Gasteiger partial charge in [-0.05, 0) is 37.1 Å². The van der Waals surface area contributed by atoms with Gasteiger partial charge in [-0.2, -0.15) is 0 Å². The Morgan fingerprint density at radius 3 is 2.65 bits per heavy atom. The highest BCUT2D eigenvalue weighted by Gasteiger charge is 2.10. The number of methoxy groups -OCH3 is 1. The lowest BCUT2D eigenvalue weighted by atomic mass is 10.0. The molecule has 4 nitrogen and oxygen atoms in total. The van der Waals surface area contributed by atoms with Crippen LogP contribution in [0.1, 0.15) is 11.1 Å². The number of nitrogens with one attached hydrogen (secondary N) is 1. The highest BCUT2D eigenvalue weighted by Crippen LogP contribution is 2.27. The minimum absolute atomic E-state index is 0.180. The van der Waals surface area contributed by atoms with Gasteiger partial charge in [0.2, 0.25) is 0 Å². The average Bonchev–Trinajstić information content (AvgIpc) is 2.32. The zero-order valence-electron chi connectivity index (χ0n) is 10.1. The molecule has 0 spiro atoms. The number of benzene rings is 1. The van der Waals surface area contributed by atoms with E-state index in [1.165, 1.54) is 6.20 Å². The molecular formula is C13H14N2O2. The van der Waals surface area contributed by atoms with Crippen molar-refractivity contribution >= 4 is 0 Å². The van der Waals surface area contributed by atoms with Gasteiger partial charge in [0.25, 0.3) is 5.56 Å². The van der Waals surface area contributed by atoms with Gasteiger partial charge in [0.15, 0.2) is 0 Å². The molecule has 0 aliphatic rings. The number of rotatable bonds is 2. The van der Waals surface area contributed by atoms with Gasteiger partial charge in [0.05, 0.1) is 7.11 Å². The standard InChI is InChI=1S/C13H14N2O2/c1-8-7-11(17-3)9(2)6-10(8)12-13(16)15-5-4-14-12/h4-7H,1-3H3,(H,15,16). The summed E-state index contributed by atoms with van der Waals surface area (Å²) in [4.78, 5) is 18.4. The molecule has 1 aromatic heterocycles. The van der Waals surface area contributed by atoms with E-state index in [-0.39, 0.29) is 5.56 Å². The third-order valence-electron chi connectivity index (χ3n) is 2.70. The molecule has 0 bridgehead atoms. The first-order chi connectivity index (χ1) is 8.13. The van der Waals surface area contributed by atoms with E-state index >= 15 is 0 Å². The van der Waals surface area contributed by atoms with Crippen LogP contribution in [0, 0.1) is 13.8 Å². The van der Waals surface area contributed by atoms with Gasteiger partial charge in [0.1, 0.15) is 11.4 Å². The van der Waals surface area contributed by atoms with Crippen LogP contribution in [0.2, 0.25) is 0 Å². The van der Waals surface area contributed by atoms with Crippen LogP contribution < -0.4 is 10.3 Å². The Labute approximate surface area is 99.3 Å². The van der Waals surface area contributed by atoms with Gasteiger partial charge in [-0.25, -0.2) is 4.98 Å². The van der Waals surface area contributed by atoms with Crippen LogP contribution in [0.25, 0.3) is 11.3 Å². The van der Waals surface area contributed by atoms with E-state index in [2.05, 4.69) is 9.97 Å². The van der Waals surface area contributed by atoms with Crippen molar-refractivity contribution in [2.24, 2.45) is 0 Å². The number of aryl methyl sites for hydroxylation is 2. The van der Waals surface area contributed by atoms with Crippen molar-refractivity contribution in [3.63, 3.8) is 0 Å². The second-order valence-electron chi connectivity index (χ2n) is 3.90. The number of aromatic nitrogens is 2. The summed E-state index contributed by atoms with van der Waals surface area (Å²) >= 11 is 0. The lowest BCUT2D eigenvalue weighted by molar-refractivity contribution is 0.411. The molecule has 0 amide bonds. The Bertz CT molecular complexity index is 603. The molecule has 0 aliphatic carbocycles. The zero-order valence-corrected chi connectivity index (χ0v) is 10.1. The first-order valence-electron chi connectivity index (χ1n) is 5.33. The fourth-order valence-corrected chi connectivity index (χ4v) is 1.81. The molecule has 0 fully saturated rings. The summed E-state index contributed by atoms with van der Waals surface area (Å²) in [6, 6.07) is 3.84. The third kappa shape index (κ3) is 2.06.